The van der Waals surface area contributed by atoms with Crippen molar-refractivity contribution in [1.82, 2.24) is 0 Å². The number of benzene rings is 2. The van der Waals surface area contributed by atoms with Crippen molar-refractivity contribution < 1.29 is 17.6 Å². The van der Waals surface area contributed by atoms with Gasteiger partial charge in [-0.3, -0.25) is 4.79 Å². The van der Waals surface area contributed by atoms with Gasteiger partial charge in [-0.05, 0) is 46.3 Å². The van der Waals surface area contributed by atoms with Gasteiger partial charge >= 0.3 is 0 Å². The molecular formula is C15H13BrFNO3S. The van der Waals surface area contributed by atoms with Crippen LogP contribution in [0.1, 0.15) is 17.3 Å². The molecule has 0 unspecified atom stereocenters. The van der Waals surface area contributed by atoms with Crippen LogP contribution in [0.3, 0.4) is 0 Å². The Bertz CT molecular complexity index is 821. The van der Waals surface area contributed by atoms with Crippen molar-refractivity contribution in [3.63, 3.8) is 0 Å². The number of nitrogens with one attached hydrogen (secondary N) is 1. The molecule has 2 rings (SSSR count). The van der Waals surface area contributed by atoms with E-state index in [1.807, 2.05) is 0 Å². The molecule has 0 atom stereocenters. The molecule has 1 amide bonds. The van der Waals surface area contributed by atoms with Crippen LogP contribution in [-0.2, 0) is 9.84 Å². The summed E-state index contributed by atoms with van der Waals surface area (Å²) in [7, 11) is -3.48. The van der Waals surface area contributed by atoms with Crippen LogP contribution < -0.4 is 5.32 Å². The first-order valence-electron chi connectivity index (χ1n) is 6.43. The first kappa shape index (κ1) is 16.6. The molecule has 0 aliphatic carbocycles. The van der Waals surface area contributed by atoms with E-state index in [1.54, 1.807) is 12.1 Å². The lowest BCUT2D eigenvalue weighted by Crippen LogP contribution is -2.16. The number of anilines is 1. The third-order valence-electron chi connectivity index (χ3n) is 3.02. The molecule has 22 heavy (non-hydrogen) atoms. The summed E-state index contributed by atoms with van der Waals surface area (Å²) in [5.41, 5.74) is 0.259. The van der Waals surface area contributed by atoms with Gasteiger partial charge in [-0.25, -0.2) is 12.8 Å². The van der Waals surface area contributed by atoms with Crippen molar-refractivity contribution in [3.05, 3.63) is 58.3 Å². The highest BCUT2D eigenvalue weighted by molar-refractivity contribution is 9.10. The number of carbonyl (C=O) groups excluding carboxylic acids is 1. The van der Waals surface area contributed by atoms with Gasteiger partial charge in [0.1, 0.15) is 5.82 Å². The van der Waals surface area contributed by atoms with Gasteiger partial charge in [0.15, 0.2) is 9.84 Å². The quantitative estimate of drug-likeness (QED) is 0.873. The lowest BCUT2D eigenvalue weighted by Gasteiger charge is -2.11. The number of para-hydroxylation sites is 1. The van der Waals surface area contributed by atoms with Gasteiger partial charge in [-0.2, -0.15) is 0 Å². The number of rotatable bonds is 4. The molecule has 1 N–H and O–H groups in total. The van der Waals surface area contributed by atoms with Gasteiger partial charge in [0, 0.05) is 4.47 Å². The summed E-state index contributed by atoms with van der Waals surface area (Å²) in [5, 5.41) is 2.52. The molecule has 2 aromatic rings. The van der Waals surface area contributed by atoms with Gasteiger partial charge in [0.2, 0.25) is 0 Å². The minimum atomic E-state index is -3.48. The van der Waals surface area contributed by atoms with Gasteiger partial charge in [0.05, 0.1) is 21.9 Å². The molecule has 4 nitrogen and oxygen atoms in total. The zero-order valence-corrected chi connectivity index (χ0v) is 14.0. The number of hydrogen-bond acceptors (Lipinski definition) is 3. The number of halogens is 2. The summed E-state index contributed by atoms with van der Waals surface area (Å²) in [6.07, 6.45) is 0. The molecule has 0 fully saturated rings. The number of sulfone groups is 1. The first-order valence-corrected chi connectivity index (χ1v) is 8.88. The van der Waals surface area contributed by atoms with Crippen molar-refractivity contribution in [1.29, 1.82) is 0 Å². The number of carbonyl (C=O) groups is 1. The maximum absolute atomic E-state index is 13.3. The predicted octanol–water partition coefficient (Wildman–Crippen LogP) is 3.63. The van der Waals surface area contributed by atoms with Crippen LogP contribution >= 0.6 is 15.9 Å². The zero-order chi connectivity index (χ0) is 16.3. The highest BCUT2D eigenvalue weighted by Crippen LogP contribution is 2.24. The third-order valence-corrected chi connectivity index (χ3v) is 5.50. The SMILES string of the molecule is CCS(=O)(=O)c1ccccc1NC(=O)c1cc(F)ccc1Br. The lowest BCUT2D eigenvalue weighted by atomic mass is 10.2. The van der Waals surface area contributed by atoms with Crippen LogP contribution in [-0.4, -0.2) is 20.1 Å². The minimum Gasteiger partial charge on any atom is -0.321 e. The standard InChI is InChI=1S/C15H13BrFNO3S/c1-2-22(20,21)14-6-4-3-5-13(14)18-15(19)11-9-10(17)7-8-12(11)16/h3-9H,2H2,1H3,(H,18,19). The Morgan fingerprint density at radius 3 is 2.59 bits per heavy atom. The predicted molar refractivity (Wildman–Crippen MR) is 86.2 cm³/mol. The largest absolute Gasteiger partial charge is 0.321 e. The van der Waals surface area contributed by atoms with E-state index in [0.717, 1.165) is 6.07 Å². The van der Waals surface area contributed by atoms with E-state index in [-0.39, 0.29) is 21.9 Å². The maximum atomic E-state index is 13.3. The highest BCUT2D eigenvalue weighted by atomic mass is 79.9. The summed E-state index contributed by atoms with van der Waals surface area (Å²) in [6.45, 7) is 1.52. The smallest absolute Gasteiger partial charge is 0.256 e. The minimum absolute atomic E-state index is 0.0402. The zero-order valence-electron chi connectivity index (χ0n) is 11.6. The Labute approximate surface area is 136 Å². The molecule has 0 aliphatic rings. The van der Waals surface area contributed by atoms with E-state index in [4.69, 9.17) is 0 Å². The first-order chi connectivity index (χ1) is 10.3. The van der Waals surface area contributed by atoms with Crippen LogP contribution in [0.2, 0.25) is 0 Å². The second kappa shape index (κ2) is 6.58. The molecule has 0 heterocycles. The fraction of sp³-hybridized carbons (Fsp3) is 0.133. The Balaban J connectivity index is 2.40. The van der Waals surface area contributed by atoms with Crippen molar-refractivity contribution in [2.45, 2.75) is 11.8 Å². The van der Waals surface area contributed by atoms with E-state index < -0.39 is 21.6 Å². The number of hydrogen-bond donors (Lipinski definition) is 1. The van der Waals surface area contributed by atoms with Gasteiger partial charge < -0.3 is 5.32 Å². The van der Waals surface area contributed by atoms with E-state index in [1.165, 1.54) is 31.2 Å². The van der Waals surface area contributed by atoms with Crippen LogP contribution in [0, 0.1) is 5.82 Å². The average molecular weight is 386 g/mol. The van der Waals surface area contributed by atoms with E-state index in [2.05, 4.69) is 21.2 Å². The fourth-order valence-corrected chi connectivity index (χ4v) is 3.34. The van der Waals surface area contributed by atoms with E-state index >= 15 is 0 Å². The normalized spacial score (nSPS) is 11.2. The second-order valence-corrected chi connectivity index (χ2v) is 7.58. The van der Waals surface area contributed by atoms with Crippen molar-refractivity contribution in [3.8, 4) is 0 Å². The van der Waals surface area contributed by atoms with Gasteiger partial charge in [0.25, 0.3) is 5.91 Å². The van der Waals surface area contributed by atoms with Crippen LogP contribution in [0.4, 0.5) is 10.1 Å². The molecule has 7 heteroatoms. The van der Waals surface area contributed by atoms with Crippen LogP contribution in [0.5, 0.6) is 0 Å². The monoisotopic (exact) mass is 385 g/mol. The van der Waals surface area contributed by atoms with E-state index in [0.29, 0.717) is 4.47 Å². The third kappa shape index (κ3) is 3.53. The molecule has 0 aromatic heterocycles. The summed E-state index contributed by atoms with van der Waals surface area (Å²) in [4.78, 5) is 12.3. The van der Waals surface area contributed by atoms with Crippen molar-refractivity contribution in [2.75, 3.05) is 11.1 Å². The van der Waals surface area contributed by atoms with Crippen molar-refractivity contribution >= 4 is 37.4 Å². The summed E-state index contributed by atoms with van der Waals surface area (Å²) in [5.74, 6) is -1.23. The Kier molecular flexibility index (Phi) is 4.97. The van der Waals surface area contributed by atoms with Gasteiger partial charge in [-0.15, -0.1) is 0 Å². The highest BCUT2D eigenvalue weighted by Gasteiger charge is 2.19. The molecule has 0 radical (unpaired) electrons. The Morgan fingerprint density at radius 2 is 1.91 bits per heavy atom. The summed E-state index contributed by atoms with van der Waals surface area (Å²) >= 11 is 3.17. The molecule has 0 saturated carbocycles. The molecule has 0 aliphatic heterocycles. The Morgan fingerprint density at radius 1 is 1.23 bits per heavy atom. The molecule has 0 saturated heterocycles. The van der Waals surface area contributed by atoms with Crippen molar-refractivity contribution in [2.24, 2.45) is 0 Å². The molecule has 0 bridgehead atoms. The van der Waals surface area contributed by atoms with E-state index in [9.17, 15) is 17.6 Å². The molecule has 2 aromatic carbocycles. The topological polar surface area (TPSA) is 63.2 Å². The summed E-state index contributed by atoms with van der Waals surface area (Å²) in [6, 6.07) is 9.83. The number of amides is 1. The second-order valence-electron chi connectivity index (χ2n) is 4.48. The van der Waals surface area contributed by atoms with Crippen LogP contribution in [0.25, 0.3) is 0 Å². The van der Waals surface area contributed by atoms with Gasteiger partial charge in [-0.1, -0.05) is 19.1 Å². The molecule has 116 valence electrons. The van der Waals surface area contributed by atoms with Crippen LogP contribution in [0.15, 0.2) is 51.8 Å². The Hall–Kier alpha value is -1.73. The maximum Gasteiger partial charge on any atom is 0.256 e. The lowest BCUT2D eigenvalue weighted by molar-refractivity contribution is 0.102. The summed E-state index contributed by atoms with van der Waals surface area (Å²) < 4.78 is 37.8. The molecule has 0 spiro atoms. The average Bonchev–Trinajstić information content (AvgIpc) is 2.50. The fourth-order valence-electron chi connectivity index (χ4n) is 1.86. The molecular weight excluding hydrogens is 373 g/mol.